The highest BCUT2D eigenvalue weighted by atomic mass is 16.5. The number of fused-ring (bicyclic) bond motifs is 1. The maximum atomic E-state index is 12.1. The number of hydrogen-bond acceptors (Lipinski definition) is 3. The molecular weight excluding hydrogens is 240 g/mol. The van der Waals surface area contributed by atoms with Gasteiger partial charge in [-0.25, -0.2) is 0 Å². The molecule has 1 amide bonds. The number of carbonyl (C=O) groups excluding carboxylic acids is 1. The predicted molar refractivity (Wildman–Crippen MR) is 74.9 cm³/mol. The van der Waals surface area contributed by atoms with Crippen LogP contribution in [0.2, 0.25) is 0 Å². The lowest BCUT2D eigenvalue weighted by molar-refractivity contribution is -0.123. The van der Waals surface area contributed by atoms with Crippen molar-refractivity contribution >= 4 is 5.91 Å². The molecule has 2 rings (SSSR count). The van der Waals surface area contributed by atoms with E-state index in [9.17, 15) is 4.79 Å². The summed E-state index contributed by atoms with van der Waals surface area (Å²) in [4.78, 5) is 12.1. The summed E-state index contributed by atoms with van der Waals surface area (Å²) in [6.45, 7) is 5.92. The highest BCUT2D eigenvalue weighted by Crippen LogP contribution is 2.16. The van der Waals surface area contributed by atoms with Gasteiger partial charge in [0.1, 0.15) is 0 Å². The fourth-order valence-electron chi connectivity index (χ4n) is 2.35. The smallest absolute Gasteiger partial charge is 0.237 e. The molecule has 1 aromatic carbocycles. The Hall–Kier alpha value is -1.39. The van der Waals surface area contributed by atoms with Crippen molar-refractivity contribution in [1.29, 1.82) is 0 Å². The number of rotatable bonds is 5. The van der Waals surface area contributed by atoms with Gasteiger partial charge in [-0.2, -0.15) is 0 Å². The Balaban J connectivity index is 1.85. The molecule has 0 aromatic heterocycles. The molecule has 0 radical (unpaired) electrons. The van der Waals surface area contributed by atoms with Gasteiger partial charge in [-0.1, -0.05) is 24.3 Å². The van der Waals surface area contributed by atoms with Crippen LogP contribution >= 0.6 is 0 Å². The zero-order valence-electron chi connectivity index (χ0n) is 11.6. The summed E-state index contributed by atoms with van der Waals surface area (Å²) in [5, 5.41) is 6.22. The van der Waals surface area contributed by atoms with E-state index in [0.717, 1.165) is 13.0 Å². The van der Waals surface area contributed by atoms with Crippen molar-refractivity contribution in [3.8, 4) is 0 Å². The van der Waals surface area contributed by atoms with Gasteiger partial charge in [0.15, 0.2) is 0 Å². The first-order valence-corrected chi connectivity index (χ1v) is 6.90. The van der Waals surface area contributed by atoms with E-state index in [1.165, 1.54) is 11.1 Å². The molecule has 0 saturated heterocycles. The third-order valence-corrected chi connectivity index (χ3v) is 3.41. The molecule has 104 valence electrons. The van der Waals surface area contributed by atoms with E-state index < -0.39 is 0 Å². The molecule has 0 spiro atoms. The number of ether oxygens (including phenoxy) is 1. The van der Waals surface area contributed by atoms with Gasteiger partial charge in [-0.15, -0.1) is 0 Å². The molecule has 2 unspecified atom stereocenters. The van der Waals surface area contributed by atoms with Gasteiger partial charge < -0.3 is 15.4 Å². The molecule has 1 aromatic rings. The molecule has 4 heteroatoms. The Morgan fingerprint density at radius 3 is 2.95 bits per heavy atom. The van der Waals surface area contributed by atoms with Gasteiger partial charge >= 0.3 is 0 Å². The van der Waals surface area contributed by atoms with Crippen LogP contribution in [0, 0.1) is 0 Å². The third-order valence-electron chi connectivity index (χ3n) is 3.41. The zero-order chi connectivity index (χ0) is 13.7. The van der Waals surface area contributed by atoms with Gasteiger partial charge in [0.2, 0.25) is 5.91 Å². The van der Waals surface area contributed by atoms with E-state index in [0.29, 0.717) is 13.2 Å². The molecule has 1 aliphatic rings. The fraction of sp³-hybridized carbons (Fsp3) is 0.533. The van der Waals surface area contributed by atoms with Crippen LogP contribution in [0.3, 0.4) is 0 Å². The summed E-state index contributed by atoms with van der Waals surface area (Å²) in [6, 6.07) is 8.12. The van der Waals surface area contributed by atoms with E-state index in [2.05, 4.69) is 22.8 Å². The average molecular weight is 262 g/mol. The third kappa shape index (κ3) is 3.78. The minimum Gasteiger partial charge on any atom is -0.377 e. The van der Waals surface area contributed by atoms with Crippen LogP contribution in [0.1, 0.15) is 25.0 Å². The number of benzene rings is 1. The van der Waals surface area contributed by atoms with E-state index in [1.54, 1.807) is 0 Å². The minimum absolute atomic E-state index is 0.0565. The molecule has 0 fully saturated rings. The molecule has 1 heterocycles. The second-order valence-electron chi connectivity index (χ2n) is 4.92. The molecule has 2 atom stereocenters. The van der Waals surface area contributed by atoms with E-state index in [1.807, 2.05) is 26.0 Å². The zero-order valence-corrected chi connectivity index (χ0v) is 11.6. The lowest BCUT2D eigenvalue weighted by atomic mass is 9.95. The Bertz CT molecular complexity index is 434. The van der Waals surface area contributed by atoms with Crippen LogP contribution in [0.15, 0.2) is 24.3 Å². The maximum Gasteiger partial charge on any atom is 0.237 e. The summed E-state index contributed by atoms with van der Waals surface area (Å²) in [7, 11) is 0. The quantitative estimate of drug-likeness (QED) is 0.839. The lowest BCUT2D eigenvalue weighted by Crippen LogP contribution is -2.49. The lowest BCUT2D eigenvalue weighted by Gasteiger charge is -2.25. The molecular formula is C15H22N2O2. The Labute approximate surface area is 114 Å². The number of nitrogens with one attached hydrogen (secondary N) is 2. The first-order chi connectivity index (χ1) is 9.20. The van der Waals surface area contributed by atoms with Crippen molar-refractivity contribution in [2.75, 3.05) is 13.2 Å². The van der Waals surface area contributed by atoms with Crippen LogP contribution in [0.25, 0.3) is 0 Å². The van der Waals surface area contributed by atoms with Gasteiger partial charge in [0.05, 0.1) is 12.1 Å². The predicted octanol–water partition coefficient (Wildman–Crippen LogP) is 1.24. The minimum atomic E-state index is -0.135. The molecule has 0 aliphatic carbocycles. The molecule has 2 N–H and O–H groups in total. The SMILES string of the molecule is CCOC(C)CNC(=O)C1Cc2ccccc2CN1. The second-order valence-corrected chi connectivity index (χ2v) is 4.92. The first kappa shape index (κ1) is 14.0. The second kappa shape index (κ2) is 6.68. The number of hydrogen-bond donors (Lipinski definition) is 2. The first-order valence-electron chi connectivity index (χ1n) is 6.90. The van der Waals surface area contributed by atoms with Gasteiger partial charge in [0, 0.05) is 19.7 Å². The number of amides is 1. The molecule has 19 heavy (non-hydrogen) atoms. The van der Waals surface area contributed by atoms with Gasteiger partial charge in [0.25, 0.3) is 0 Å². The van der Waals surface area contributed by atoms with Crippen LogP contribution in [0.4, 0.5) is 0 Å². The van der Waals surface area contributed by atoms with E-state index in [4.69, 9.17) is 4.74 Å². The average Bonchev–Trinajstić information content (AvgIpc) is 2.44. The monoisotopic (exact) mass is 262 g/mol. The van der Waals surface area contributed by atoms with E-state index in [-0.39, 0.29) is 18.1 Å². The number of carbonyl (C=O) groups is 1. The van der Waals surface area contributed by atoms with Crippen LogP contribution in [0.5, 0.6) is 0 Å². The summed E-state index contributed by atoms with van der Waals surface area (Å²) in [5.74, 6) is 0.0565. The van der Waals surface area contributed by atoms with Crippen molar-refractivity contribution in [2.45, 2.75) is 39.0 Å². The fourth-order valence-corrected chi connectivity index (χ4v) is 2.35. The van der Waals surface area contributed by atoms with E-state index >= 15 is 0 Å². The molecule has 4 nitrogen and oxygen atoms in total. The largest absolute Gasteiger partial charge is 0.377 e. The standard InChI is InChI=1S/C15H22N2O2/c1-3-19-11(2)9-17-15(18)14-8-12-6-4-5-7-13(12)10-16-14/h4-7,11,14,16H,3,8-10H2,1-2H3,(H,17,18). The van der Waals surface area contributed by atoms with Gasteiger partial charge in [-0.05, 0) is 31.4 Å². The van der Waals surface area contributed by atoms with Crippen molar-refractivity contribution in [3.05, 3.63) is 35.4 Å². The van der Waals surface area contributed by atoms with Crippen molar-refractivity contribution in [2.24, 2.45) is 0 Å². The van der Waals surface area contributed by atoms with Crippen LogP contribution < -0.4 is 10.6 Å². The summed E-state index contributed by atoms with van der Waals surface area (Å²) in [6.07, 6.45) is 0.815. The summed E-state index contributed by atoms with van der Waals surface area (Å²) >= 11 is 0. The Morgan fingerprint density at radius 2 is 2.21 bits per heavy atom. The highest BCUT2D eigenvalue weighted by molar-refractivity contribution is 5.82. The highest BCUT2D eigenvalue weighted by Gasteiger charge is 2.23. The summed E-state index contributed by atoms with van der Waals surface area (Å²) < 4.78 is 5.40. The van der Waals surface area contributed by atoms with Crippen molar-refractivity contribution in [1.82, 2.24) is 10.6 Å². The molecule has 0 bridgehead atoms. The van der Waals surface area contributed by atoms with Crippen LogP contribution in [-0.4, -0.2) is 31.2 Å². The Kier molecular flexibility index (Phi) is 4.93. The summed E-state index contributed by atoms with van der Waals surface area (Å²) in [5.41, 5.74) is 2.55. The van der Waals surface area contributed by atoms with Crippen molar-refractivity contribution in [3.63, 3.8) is 0 Å². The topological polar surface area (TPSA) is 50.4 Å². The normalized spacial score (nSPS) is 19.6. The molecule has 0 saturated carbocycles. The van der Waals surface area contributed by atoms with Crippen molar-refractivity contribution < 1.29 is 9.53 Å². The van der Waals surface area contributed by atoms with Gasteiger partial charge in [-0.3, -0.25) is 4.79 Å². The maximum absolute atomic E-state index is 12.1. The Morgan fingerprint density at radius 1 is 1.47 bits per heavy atom. The van der Waals surface area contributed by atoms with Crippen LogP contribution in [-0.2, 0) is 22.5 Å². The molecule has 1 aliphatic heterocycles.